The normalized spacial score (nSPS) is 16.2. The van der Waals surface area contributed by atoms with Crippen LogP contribution in [-0.2, 0) is 9.53 Å². The molecule has 0 radical (unpaired) electrons. The molecule has 2 N–H and O–H groups in total. The van der Waals surface area contributed by atoms with Crippen molar-refractivity contribution in [2.24, 2.45) is 11.8 Å². The van der Waals surface area contributed by atoms with Gasteiger partial charge in [-0.05, 0) is 37.0 Å². The Morgan fingerprint density at radius 3 is 2.73 bits per heavy atom. The number of nitrogens with one attached hydrogen (secondary N) is 1. The van der Waals surface area contributed by atoms with Crippen LogP contribution in [0.5, 0.6) is 0 Å². The van der Waals surface area contributed by atoms with Crippen molar-refractivity contribution in [2.45, 2.75) is 12.8 Å². The summed E-state index contributed by atoms with van der Waals surface area (Å²) in [6.45, 7) is 1.09. The van der Waals surface area contributed by atoms with Gasteiger partial charge in [-0.3, -0.25) is 9.59 Å². The molecule has 3 rings (SSSR count). The Hall–Kier alpha value is -2.74. The number of carbonyl (C=O) groups is 2. The van der Waals surface area contributed by atoms with Crippen molar-refractivity contribution in [1.82, 2.24) is 15.1 Å². The molecule has 138 valence electrons. The molecule has 1 saturated heterocycles. The predicted octanol–water partition coefficient (Wildman–Crippen LogP) is 1.87. The Kier molecular flexibility index (Phi) is 5.62. The van der Waals surface area contributed by atoms with Crippen LogP contribution in [0.25, 0.3) is 5.69 Å². The number of carboxylic acid groups (broad SMARTS) is 1. The van der Waals surface area contributed by atoms with Gasteiger partial charge in [0.2, 0.25) is 0 Å². The summed E-state index contributed by atoms with van der Waals surface area (Å²) >= 11 is 0. The van der Waals surface area contributed by atoms with E-state index in [1.807, 2.05) is 0 Å². The molecule has 0 saturated carbocycles. The van der Waals surface area contributed by atoms with Gasteiger partial charge < -0.3 is 15.2 Å². The third-order valence-electron chi connectivity index (χ3n) is 4.56. The number of aliphatic carboxylic acids is 1. The molecular weight excluding hydrogens is 341 g/mol. The highest BCUT2D eigenvalue weighted by Gasteiger charge is 2.30. The van der Waals surface area contributed by atoms with Crippen molar-refractivity contribution >= 4 is 11.9 Å². The SMILES string of the molecule is O=C(NCC(C(=O)O)C1CCOCC1)c1ccn(-c2ccccc2F)n1. The van der Waals surface area contributed by atoms with Crippen LogP contribution in [0.2, 0.25) is 0 Å². The molecule has 7 nitrogen and oxygen atoms in total. The molecular formula is C18H20FN3O4. The molecule has 1 fully saturated rings. The first-order valence-electron chi connectivity index (χ1n) is 8.45. The molecule has 1 amide bonds. The van der Waals surface area contributed by atoms with Gasteiger partial charge in [-0.1, -0.05) is 12.1 Å². The summed E-state index contributed by atoms with van der Waals surface area (Å²) in [6, 6.07) is 7.56. The van der Waals surface area contributed by atoms with E-state index in [0.717, 1.165) is 0 Å². The smallest absolute Gasteiger partial charge is 0.308 e. The number of para-hydroxylation sites is 1. The van der Waals surface area contributed by atoms with Crippen molar-refractivity contribution in [1.29, 1.82) is 0 Å². The molecule has 1 aliphatic heterocycles. The minimum atomic E-state index is -0.936. The van der Waals surface area contributed by atoms with E-state index in [0.29, 0.717) is 26.1 Å². The fourth-order valence-electron chi connectivity index (χ4n) is 3.08. The van der Waals surface area contributed by atoms with Crippen LogP contribution in [0.15, 0.2) is 36.5 Å². The second-order valence-corrected chi connectivity index (χ2v) is 6.20. The zero-order valence-corrected chi connectivity index (χ0v) is 14.1. The minimum absolute atomic E-state index is 0.0192. The van der Waals surface area contributed by atoms with E-state index in [1.165, 1.54) is 23.0 Å². The molecule has 26 heavy (non-hydrogen) atoms. The highest BCUT2D eigenvalue weighted by atomic mass is 19.1. The average Bonchev–Trinajstić information content (AvgIpc) is 3.13. The quantitative estimate of drug-likeness (QED) is 0.819. The molecule has 2 aromatic rings. The van der Waals surface area contributed by atoms with Crippen LogP contribution in [-0.4, -0.2) is 46.5 Å². The molecule has 0 bridgehead atoms. The molecule has 8 heteroatoms. The fourth-order valence-corrected chi connectivity index (χ4v) is 3.08. The van der Waals surface area contributed by atoms with Gasteiger partial charge in [-0.2, -0.15) is 5.10 Å². The second-order valence-electron chi connectivity index (χ2n) is 6.20. The lowest BCUT2D eigenvalue weighted by molar-refractivity contribution is -0.144. The van der Waals surface area contributed by atoms with Crippen molar-refractivity contribution in [2.75, 3.05) is 19.8 Å². The van der Waals surface area contributed by atoms with E-state index < -0.39 is 23.6 Å². The summed E-state index contributed by atoms with van der Waals surface area (Å²) in [4.78, 5) is 23.8. The van der Waals surface area contributed by atoms with Crippen LogP contribution in [0.1, 0.15) is 23.3 Å². The maximum Gasteiger partial charge on any atom is 0.308 e. The van der Waals surface area contributed by atoms with E-state index in [-0.39, 0.29) is 23.8 Å². The van der Waals surface area contributed by atoms with E-state index >= 15 is 0 Å². The Labute approximate surface area is 149 Å². The number of hydrogen-bond donors (Lipinski definition) is 2. The number of rotatable bonds is 6. The summed E-state index contributed by atoms with van der Waals surface area (Å²) in [5.74, 6) is -2.57. The number of amides is 1. The van der Waals surface area contributed by atoms with Crippen LogP contribution < -0.4 is 5.32 Å². The third-order valence-corrected chi connectivity index (χ3v) is 4.56. The van der Waals surface area contributed by atoms with Crippen LogP contribution >= 0.6 is 0 Å². The summed E-state index contributed by atoms with van der Waals surface area (Å²) in [6.07, 6.45) is 2.81. The molecule has 1 aromatic carbocycles. The minimum Gasteiger partial charge on any atom is -0.481 e. The van der Waals surface area contributed by atoms with Crippen LogP contribution in [0.3, 0.4) is 0 Å². The lowest BCUT2D eigenvalue weighted by atomic mass is 9.86. The van der Waals surface area contributed by atoms with E-state index in [9.17, 15) is 19.1 Å². The molecule has 1 aliphatic rings. The summed E-state index contributed by atoms with van der Waals surface area (Å²) in [5, 5.41) is 16.1. The molecule has 0 aliphatic carbocycles. The molecule has 0 spiro atoms. The van der Waals surface area contributed by atoms with Crippen molar-refractivity contribution in [3.05, 3.63) is 48.0 Å². The van der Waals surface area contributed by atoms with Gasteiger partial charge in [-0.25, -0.2) is 9.07 Å². The average molecular weight is 361 g/mol. The Bertz CT molecular complexity index is 786. The van der Waals surface area contributed by atoms with Crippen LogP contribution in [0.4, 0.5) is 4.39 Å². The second kappa shape index (κ2) is 8.09. The number of carboxylic acids is 1. The zero-order valence-electron chi connectivity index (χ0n) is 14.1. The monoisotopic (exact) mass is 361 g/mol. The first-order chi connectivity index (χ1) is 12.6. The molecule has 1 atom stereocenters. The summed E-state index contributed by atoms with van der Waals surface area (Å²) in [7, 11) is 0. The Morgan fingerprint density at radius 2 is 2.04 bits per heavy atom. The number of ether oxygens (including phenoxy) is 1. The number of benzene rings is 1. The van der Waals surface area contributed by atoms with Gasteiger partial charge in [-0.15, -0.1) is 0 Å². The largest absolute Gasteiger partial charge is 0.481 e. The number of carbonyl (C=O) groups excluding carboxylic acids is 1. The van der Waals surface area contributed by atoms with Gasteiger partial charge in [0.15, 0.2) is 5.69 Å². The fraction of sp³-hybridized carbons (Fsp3) is 0.389. The maximum absolute atomic E-state index is 13.8. The van der Waals surface area contributed by atoms with Crippen LogP contribution in [0, 0.1) is 17.7 Å². The van der Waals surface area contributed by atoms with Crippen molar-refractivity contribution < 1.29 is 23.8 Å². The lowest BCUT2D eigenvalue weighted by Crippen LogP contribution is -2.39. The first kappa shape index (κ1) is 18.1. The lowest BCUT2D eigenvalue weighted by Gasteiger charge is -2.27. The summed E-state index contributed by atoms with van der Waals surface area (Å²) < 4.78 is 20.3. The van der Waals surface area contributed by atoms with E-state index in [4.69, 9.17) is 4.74 Å². The third kappa shape index (κ3) is 4.08. The number of halogens is 1. The zero-order chi connectivity index (χ0) is 18.5. The maximum atomic E-state index is 13.8. The van der Waals surface area contributed by atoms with Gasteiger partial charge in [0.1, 0.15) is 11.5 Å². The highest BCUT2D eigenvalue weighted by molar-refractivity contribution is 5.92. The number of nitrogens with zero attached hydrogens (tertiary/aromatic N) is 2. The van der Waals surface area contributed by atoms with Gasteiger partial charge in [0, 0.05) is 26.0 Å². The Morgan fingerprint density at radius 1 is 1.31 bits per heavy atom. The highest BCUT2D eigenvalue weighted by Crippen LogP contribution is 2.23. The van der Waals surface area contributed by atoms with Gasteiger partial charge in [0.25, 0.3) is 5.91 Å². The number of hydrogen-bond acceptors (Lipinski definition) is 4. The summed E-state index contributed by atoms with van der Waals surface area (Å²) in [5.41, 5.74) is 0.335. The van der Waals surface area contributed by atoms with Gasteiger partial charge in [0.05, 0.1) is 5.92 Å². The molecule has 1 aromatic heterocycles. The van der Waals surface area contributed by atoms with E-state index in [2.05, 4.69) is 10.4 Å². The predicted molar refractivity (Wildman–Crippen MR) is 90.5 cm³/mol. The number of aromatic nitrogens is 2. The Balaban J connectivity index is 1.64. The molecule has 2 heterocycles. The van der Waals surface area contributed by atoms with E-state index in [1.54, 1.807) is 18.2 Å². The van der Waals surface area contributed by atoms with Crippen molar-refractivity contribution in [3.63, 3.8) is 0 Å². The molecule has 1 unspecified atom stereocenters. The van der Waals surface area contributed by atoms with Crippen molar-refractivity contribution in [3.8, 4) is 5.69 Å². The first-order valence-corrected chi connectivity index (χ1v) is 8.45. The standard InChI is InChI=1S/C18H20FN3O4/c19-14-3-1-2-4-16(14)22-8-5-15(21-22)17(23)20-11-13(18(24)25)12-6-9-26-10-7-12/h1-5,8,12-13H,6-7,9-11H2,(H,20,23)(H,24,25). The van der Waals surface area contributed by atoms with Gasteiger partial charge >= 0.3 is 5.97 Å². The topological polar surface area (TPSA) is 93.5 Å².